The number of ether oxygens (including phenoxy) is 1. The maximum Gasteiger partial charge on any atom is 0.469 e. The van der Waals surface area contributed by atoms with E-state index < -0.39 is 44.3 Å². The monoisotopic (exact) mass is 383 g/mol. The smallest absolute Gasteiger partial charge is 0.389 e. The fraction of sp³-hybridized carbons (Fsp3) is 0.500. The maximum absolute atomic E-state index is 13.4. The molecule has 5 N–H and O–H groups in total. The third-order valence-electron chi connectivity index (χ3n) is 3.40. The Labute approximate surface area is 138 Å². The van der Waals surface area contributed by atoms with E-state index in [9.17, 15) is 14.1 Å². The Morgan fingerprint density at radius 1 is 1.50 bits per heavy atom. The number of nitrogens with zero attached hydrogens (tertiary/aromatic N) is 4. The molecule has 0 radical (unpaired) electrons. The summed E-state index contributed by atoms with van der Waals surface area (Å²) in [7, 11) is -4.74. The molecule has 0 aromatic carbocycles. The highest BCUT2D eigenvalue weighted by Crippen LogP contribution is 2.40. The first kappa shape index (κ1) is 17.4. The highest BCUT2D eigenvalue weighted by atomic mass is 35.5. The van der Waals surface area contributed by atoms with Crippen molar-refractivity contribution >= 4 is 36.4 Å². The van der Waals surface area contributed by atoms with E-state index >= 15 is 0 Å². The van der Waals surface area contributed by atoms with Gasteiger partial charge in [0.25, 0.3) is 0 Å². The second kappa shape index (κ2) is 6.15. The summed E-state index contributed by atoms with van der Waals surface area (Å²) in [6.45, 7) is -0.594. The molecular weight excluding hydrogens is 372 g/mol. The summed E-state index contributed by atoms with van der Waals surface area (Å²) < 4.78 is 35.1. The van der Waals surface area contributed by atoms with Crippen molar-refractivity contribution in [2.75, 3.05) is 12.3 Å². The lowest BCUT2D eigenvalue weighted by atomic mass is 10.2. The van der Waals surface area contributed by atoms with Gasteiger partial charge in [-0.05, 0) is 0 Å². The number of hydrogen-bond acceptors (Lipinski definition) is 8. The SMILES string of the molecule is Nc1nc(F)nc2c1ncn2[C@@H]1O[C@H](COP(=O)(O)O)[C@H](O)C1Cl. The Kier molecular flexibility index (Phi) is 4.47. The molecule has 4 atom stereocenters. The number of nitrogen functional groups attached to an aromatic ring is 1. The molecule has 0 bridgehead atoms. The van der Waals surface area contributed by atoms with E-state index in [4.69, 9.17) is 31.9 Å². The normalized spacial score (nSPS) is 27.9. The Morgan fingerprint density at radius 3 is 2.88 bits per heavy atom. The van der Waals surface area contributed by atoms with Crippen LogP contribution in [0.3, 0.4) is 0 Å². The van der Waals surface area contributed by atoms with Crippen molar-refractivity contribution in [2.24, 2.45) is 0 Å². The molecule has 0 aliphatic carbocycles. The maximum atomic E-state index is 13.4. The molecule has 0 saturated carbocycles. The first-order valence-corrected chi connectivity index (χ1v) is 8.47. The van der Waals surface area contributed by atoms with Crippen LogP contribution in [-0.4, -0.2) is 58.6 Å². The third kappa shape index (κ3) is 3.22. The van der Waals surface area contributed by atoms with Gasteiger partial charge in [0.2, 0.25) is 0 Å². The van der Waals surface area contributed by atoms with Gasteiger partial charge >= 0.3 is 13.9 Å². The van der Waals surface area contributed by atoms with Gasteiger partial charge < -0.3 is 25.4 Å². The summed E-state index contributed by atoms with van der Waals surface area (Å²) in [6.07, 6.45) is -3.30. The Balaban J connectivity index is 1.89. The molecule has 14 heteroatoms. The van der Waals surface area contributed by atoms with E-state index in [1.54, 1.807) is 0 Å². The second-order valence-corrected chi connectivity index (χ2v) is 6.73. The van der Waals surface area contributed by atoms with Crippen LogP contribution in [0.1, 0.15) is 6.23 Å². The summed E-state index contributed by atoms with van der Waals surface area (Å²) in [5, 5.41) is 9.01. The van der Waals surface area contributed by atoms with Crippen molar-refractivity contribution in [3.63, 3.8) is 0 Å². The van der Waals surface area contributed by atoms with Crippen LogP contribution in [-0.2, 0) is 13.8 Å². The van der Waals surface area contributed by atoms with Gasteiger partial charge in [0.15, 0.2) is 23.2 Å². The number of phosphoric ester groups is 1. The first-order valence-electron chi connectivity index (χ1n) is 6.50. The average Bonchev–Trinajstić information content (AvgIpc) is 3.00. The van der Waals surface area contributed by atoms with Crippen molar-refractivity contribution in [3.05, 3.63) is 12.4 Å². The number of rotatable bonds is 4. The molecule has 11 nitrogen and oxygen atoms in total. The molecule has 0 amide bonds. The zero-order chi connectivity index (χ0) is 17.6. The van der Waals surface area contributed by atoms with Crippen molar-refractivity contribution in [1.82, 2.24) is 19.5 Å². The van der Waals surface area contributed by atoms with E-state index in [-0.39, 0.29) is 17.0 Å². The van der Waals surface area contributed by atoms with Crippen molar-refractivity contribution in [2.45, 2.75) is 23.8 Å². The number of alkyl halides is 1. The quantitative estimate of drug-likeness (QED) is 0.307. The largest absolute Gasteiger partial charge is 0.469 e. The molecule has 3 rings (SSSR count). The first-order chi connectivity index (χ1) is 11.2. The van der Waals surface area contributed by atoms with Crippen LogP contribution in [0.5, 0.6) is 0 Å². The van der Waals surface area contributed by atoms with Crippen LogP contribution in [0.25, 0.3) is 11.2 Å². The minimum atomic E-state index is -4.74. The summed E-state index contributed by atoms with van der Waals surface area (Å²) in [4.78, 5) is 28.3. The minimum absolute atomic E-state index is 0.000550. The van der Waals surface area contributed by atoms with Gasteiger partial charge in [-0.25, -0.2) is 9.55 Å². The molecule has 3 heterocycles. The van der Waals surface area contributed by atoms with Crippen LogP contribution >= 0.6 is 19.4 Å². The van der Waals surface area contributed by atoms with E-state index in [1.165, 1.54) is 10.9 Å². The van der Waals surface area contributed by atoms with Crippen LogP contribution < -0.4 is 5.73 Å². The molecule has 24 heavy (non-hydrogen) atoms. The zero-order valence-corrected chi connectivity index (χ0v) is 13.4. The number of fused-ring (bicyclic) bond motifs is 1. The average molecular weight is 384 g/mol. The van der Waals surface area contributed by atoms with E-state index in [0.717, 1.165) is 0 Å². The molecule has 1 unspecified atom stereocenters. The van der Waals surface area contributed by atoms with Crippen molar-refractivity contribution in [1.29, 1.82) is 0 Å². The Bertz CT molecular complexity index is 816. The number of phosphoric acid groups is 1. The summed E-state index contributed by atoms with van der Waals surface area (Å²) >= 11 is 6.10. The minimum Gasteiger partial charge on any atom is -0.389 e. The van der Waals surface area contributed by atoms with Crippen LogP contribution in [0.2, 0.25) is 0 Å². The Morgan fingerprint density at radius 2 is 2.21 bits per heavy atom. The van der Waals surface area contributed by atoms with Gasteiger partial charge in [-0.2, -0.15) is 14.4 Å². The van der Waals surface area contributed by atoms with Crippen molar-refractivity contribution in [3.8, 4) is 0 Å². The van der Waals surface area contributed by atoms with Gasteiger partial charge in [-0.15, -0.1) is 11.6 Å². The number of aromatic nitrogens is 4. The van der Waals surface area contributed by atoms with E-state index in [1.807, 2.05) is 0 Å². The molecule has 2 aromatic heterocycles. The number of aliphatic hydroxyl groups is 1. The van der Waals surface area contributed by atoms with Gasteiger partial charge in [-0.1, -0.05) is 0 Å². The number of hydrogen-bond donors (Lipinski definition) is 4. The summed E-state index contributed by atoms with van der Waals surface area (Å²) in [5.41, 5.74) is 5.68. The molecule has 1 aliphatic rings. The lowest BCUT2D eigenvalue weighted by molar-refractivity contribution is -0.0423. The van der Waals surface area contributed by atoms with Crippen LogP contribution in [0, 0.1) is 6.08 Å². The van der Waals surface area contributed by atoms with Crippen molar-refractivity contribution < 1.29 is 33.1 Å². The van der Waals surface area contributed by atoms with Gasteiger partial charge in [0, 0.05) is 0 Å². The molecule has 1 saturated heterocycles. The fourth-order valence-corrected chi connectivity index (χ4v) is 3.02. The lowest BCUT2D eigenvalue weighted by Crippen LogP contribution is -2.30. The topological polar surface area (TPSA) is 166 Å². The number of aliphatic hydroxyl groups excluding tert-OH is 1. The molecule has 132 valence electrons. The third-order valence-corrected chi connectivity index (χ3v) is 4.36. The predicted octanol–water partition coefficient (Wildman–Crippen LogP) is -0.477. The number of anilines is 1. The molecule has 2 aromatic rings. The zero-order valence-electron chi connectivity index (χ0n) is 11.7. The van der Waals surface area contributed by atoms with Gasteiger partial charge in [-0.3, -0.25) is 9.09 Å². The highest BCUT2D eigenvalue weighted by molar-refractivity contribution is 7.46. The lowest BCUT2D eigenvalue weighted by Gasteiger charge is -2.16. The van der Waals surface area contributed by atoms with Crippen LogP contribution in [0.4, 0.5) is 10.2 Å². The number of halogens is 2. The second-order valence-electron chi connectivity index (χ2n) is 4.99. The van der Waals surface area contributed by atoms with Gasteiger partial charge in [0.1, 0.15) is 17.6 Å². The van der Waals surface area contributed by atoms with Gasteiger partial charge in [0.05, 0.1) is 12.9 Å². The number of imidazole rings is 1. The highest BCUT2D eigenvalue weighted by Gasteiger charge is 2.45. The standard InChI is InChI=1S/C10H12ClFN5O6P/c11-4-6(18)3(1-22-24(19,20)21)23-9(4)17-2-14-5-7(13)15-10(12)16-8(5)17/h2-4,6,9,18H,1H2,(H2,13,15,16)(H2,19,20,21)/t3-,4?,6+,9-/m1/s1. The molecule has 1 aliphatic heterocycles. The molecule has 1 fully saturated rings. The summed E-state index contributed by atoms with van der Waals surface area (Å²) in [6, 6.07) is 0. The van der Waals surface area contributed by atoms with E-state index in [0.29, 0.717) is 0 Å². The fourth-order valence-electron chi connectivity index (χ4n) is 2.33. The predicted molar refractivity (Wildman–Crippen MR) is 77.2 cm³/mol. The molecular formula is C10H12ClFN5O6P. The Hall–Kier alpha value is -1.40. The molecule has 0 spiro atoms. The number of nitrogens with two attached hydrogens (primary N) is 1. The van der Waals surface area contributed by atoms with Crippen LogP contribution in [0.15, 0.2) is 6.33 Å². The summed E-state index contributed by atoms with van der Waals surface area (Å²) in [5.74, 6) is -0.178. The van der Waals surface area contributed by atoms with E-state index in [2.05, 4.69) is 19.5 Å².